The Morgan fingerprint density at radius 2 is 1.41 bits per heavy atom. The van der Waals surface area contributed by atoms with E-state index in [1.807, 2.05) is 57.2 Å². The van der Waals surface area contributed by atoms with E-state index in [4.69, 9.17) is 0 Å². The summed E-state index contributed by atoms with van der Waals surface area (Å²) >= 11 is 2.21. The molecule has 2 aliphatic rings. The number of anilines is 2. The van der Waals surface area contributed by atoms with Crippen LogP contribution in [0.3, 0.4) is 0 Å². The summed E-state index contributed by atoms with van der Waals surface area (Å²) in [5, 5.41) is 19.7. The van der Waals surface area contributed by atoms with Crippen LogP contribution in [-0.2, 0) is 4.79 Å². The van der Waals surface area contributed by atoms with Crippen LogP contribution in [0.2, 0.25) is 0 Å². The van der Waals surface area contributed by atoms with Gasteiger partial charge in [-0.3, -0.25) is 19.8 Å². The van der Waals surface area contributed by atoms with E-state index in [2.05, 4.69) is 53.6 Å². The third-order valence-corrected chi connectivity index (χ3v) is 6.26. The monoisotopic (exact) mass is 574 g/mol. The summed E-state index contributed by atoms with van der Waals surface area (Å²) in [4.78, 5) is 23.6. The molecule has 2 saturated carbocycles. The summed E-state index contributed by atoms with van der Waals surface area (Å²) in [7, 11) is 0. The van der Waals surface area contributed by atoms with Crippen molar-refractivity contribution in [2.75, 3.05) is 10.6 Å². The van der Waals surface area contributed by atoms with E-state index in [1.54, 1.807) is 0 Å². The van der Waals surface area contributed by atoms with E-state index < -0.39 is 0 Å². The molecule has 1 aromatic carbocycles. The quantitative estimate of drug-likeness (QED) is 0.278. The van der Waals surface area contributed by atoms with Crippen molar-refractivity contribution in [2.24, 2.45) is 5.41 Å². The molecule has 2 heterocycles. The number of amides is 2. The first kappa shape index (κ1) is 24.4. The molecule has 4 N–H and O–H groups in total. The van der Waals surface area contributed by atoms with Crippen molar-refractivity contribution in [2.45, 2.75) is 64.7 Å². The van der Waals surface area contributed by atoms with E-state index >= 15 is 0 Å². The number of carbonyl (C=O) groups excluding carboxylic acids is 2. The van der Waals surface area contributed by atoms with Crippen molar-refractivity contribution >= 4 is 46.0 Å². The highest BCUT2D eigenvalue weighted by atomic mass is 127. The maximum absolute atomic E-state index is 12.0. The molecule has 0 aliphatic heterocycles. The summed E-state index contributed by atoms with van der Waals surface area (Å²) in [5.74, 6) is 2.40. The molecule has 0 unspecified atom stereocenters. The van der Waals surface area contributed by atoms with E-state index in [-0.39, 0.29) is 17.2 Å². The molecule has 0 atom stereocenters. The van der Waals surface area contributed by atoms with Gasteiger partial charge in [0.25, 0.3) is 5.91 Å². The Morgan fingerprint density at radius 3 is 1.88 bits per heavy atom. The molecule has 0 saturated heterocycles. The summed E-state index contributed by atoms with van der Waals surface area (Å²) < 4.78 is 1.11. The Hall–Kier alpha value is -2.69. The molecular weight excluding hydrogens is 543 g/mol. The van der Waals surface area contributed by atoms with Crippen LogP contribution in [0.1, 0.15) is 86.5 Å². The van der Waals surface area contributed by atoms with Gasteiger partial charge in [0.15, 0.2) is 11.6 Å². The molecule has 2 aromatic heterocycles. The van der Waals surface area contributed by atoms with Crippen molar-refractivity contribution in [3.05, 3.63) is 56.9 Å². The van der Waals surface area contributed by atoms with Gasteiger partial charge in [-0.05, 0) is 78.0 Å². The lowest BCUT2D eigenvalue weighted by Gasteiger charge is -2.16. The van der Waals surface area contributed by atoms with Gasteiger partial charge in [0.1, 0.15) is 0 Å². The van der Waals surface area contributed by atoms with Crippen LogP contribution in [0.5, 0.6) is 0 Å². The van der Waals surface area contributed by atoms with Crippen molar-refractivity contribution in [3.8, 4) is 0 Å². The molecule has 2 fully saturated rings. The second-order valence-corrected chi connectivity index (χ2v) is 11.5. The van der Waals surface area contributed by atoms with Gasteiger partial charge in [-0.2, -0.15) is 10.2 Å². The molecule has 2 aliphatic carbocycles. The zero-order chi connectivity index (χ0) is 24.3. The molecule has 180 valence electrons. The van der Waals surface area contributed by atoms with Crippen LogP contribution in [0.25, 0.3) is 0 Å². The maximum Gasteiger partial charge on any atom is 0.256 e. The second kappa shape index (κ2) is 10.3. The zero-order valence-electron chi connectivity index (χ0n) is 19.7. The van der Waals surface area contributed by atoms with Gasteiger partial charge in [0.05, 0.1) is 0 Å². The standard InChI is InChI=1S/C13H12IN3O.C12H19N3O/c14-10-5-3-9(4-6-10)13(18)15-12-7-11(16-17-12)8-1-2-8;1-12(2,3)7-11(16)13-10-6-9(14-15-10)8-4-5-8/h3-8H,1-2H2,(H2,15,16,17,18);6,8H,4-5,7H2,1-3H3,(H2,13,14,15,16). The van der Waals surface area contributed by atoms with Crippen LogP contribution >= 0.6 is 22.6 Å². The Kier molecular flexibility index (Phi) is 7.39. The van der Waals surface area contributed by atoms with Crippen molar-refractivity contribution in [3.63, 3.8) is 0 Å². The largest absolute Gasteiger partial charge is 0.309 e. The van der Waals surface area contributed by atoms with Gasteiger partial charge in [-0.25, -0.2) is 0 Å². The SMILES string of the molecule is CC(C)(C)CC(=O)Nc1cc(C2CC2)[nH]n1.O=C(Nc1cc(C2CC2)[nH]n1)c1ccc(I)cc1. The van der Waals surface area contributed by atoms with Gasteiger partial charge in [0.2, 0.25) is 5.91 Å². The molecule has 2 amide bonds. The first-order valence-electron chi connectivity index (χ1n) is 11.6. The minimum atomic E-state index is -0.125. The van der Waals surface area contributed by atoms with Crippen molar-refractivity contribution in [1.29, 1.82) is 0 Å². The smallest absolute Gasteiger partial charge is 0.256 e. The number of carbonyl (C=O) groups is 2. The predicted octanol–water partition coefficient (Wildman–Crippen LogP) is 5.81. The number of hydrogen-bond acceptors (Lipinski definition) is 4. The fraction of sp³-hybridized carbons (Fsp3) is 0.440. The van der Waals surface area contributed by atoms with Crippen LogP contribution in [-0.4, -0.2) is 32.2 Å². The lowest BCUT2D eigenvalue weighted by atomic mass is 9.92. The van der Waals surface area contributed by atoms with E-state index in [9.17, 15) is 9.59 Å². The third kappa shape index (κ3) is 7.41. The third-order valence-electron chi connectivity index (χ3n) is 5.54. The Morgan fingerprint density at radius 1 is 0.912 bits per heavy atom. The van der Waals surface area contributed by atoms with Crippen molar-refractivity contribution < 1.29 is 9.59 Å². The second-order valence-electron chi connectivity index (χ2n) is 10.2. The number of aromatic amines is 2. The highest BCUT2D eigenvalue weighted by Crippen LogP contribution is 2.40. The van der Waals surface area contributed by atoms with Crippen LogP contribution in [0.15, 0.2) is 36.4 Å². The molecule has 0 bridgehead atoms. The number of benzene rings is 1. The molecule has 3 aromatic rings. The van der Waals surface area contributed by atoms with Gasteiger partial charge < -0.3 is 10.6 Å². The van der Waals surface area contributed by atoms with E-state index in [1.165, 1.54) is 25.7 Å². The topological polar surface area (TPSA) is 116 Å². The Labute approximate surface area is 213 Å². The fourth-order valence-corrected chi connectivity index (χ4v) is 3.83. The average Bonchev–Trinajstić information content (AvgIpc) is 3.70. The molecule has 9 heteroatoms. The minimum Gasteiger partial charge on any atom is -0.309 e. The number of hydrogen-bond donors (Lipinski definition) is 4. The Balaban J connectivity index is 0.000000162. The summed E-state index contributed by atoms with van der Waals surface area (Å²) in [6.07, 6.45) is 5.41. The maximum atomic E-state index is 12.0. The Bertz CT molecular complexity index is 1140. The van der Waals surface area contributed by atoms with Gasteiger partial charge in [-0.1, -0.05) is 20.8 Å². The summed E-state index contributed by atoms with van der Waals surface area (Å²) in [6.45, 7) is 6.15. The zero-order valence-corrected chi connectivity index (χ0v) is 21.9. The highest BCUT2D eigenvalue weighted by molar-refractivity contribution is 14.1. The first-order valence-corrected chi connectivity index (χ1v) is 12.7. The van der Waals surface area contributed by atoms with Crippen LogP contribution in [0, 0.1) is 8.99 Å². The summed E-state index contributed by atoms with van der Waals surface area (Å²) in [5.41, 5.74) is 2.92. The predicted molar refractivity (Wildman–Crippen MR) is 141 cm³/mol. The molecular formula is C25H31IN6O2. The molecule has 5 rings (SSSR count). The first-order chi connectivity index (χ1) is 16.2. The molecule has 8 nitrogen and oxygen atoms in total. The average molecular weight is 574 g/mol. The molecule has 0 spiro atoms. The van der Waals surface area contributed by atoms with Crippen LogP contribution < -0.4 is 10.6 Å². The number of H-pyrrole nitrogens is 2. The van der Waals surface area contributed by atoms with Crippen LogP contribution in [0.4, 0.5) is 11.6 Å². The molecule has 34 heavy (non-hydrogen) atoms. The summed E-state index contributed by atoms with van der Waals surface area (Å²) in [6, 6.07) is 11.3. The fourth-order valence-electron chi connectivity index (χ4n) is 3.47. The minimum absolute atomic E-state index is 0.0136. The number of nitrogens with zero attached hydrogens (tertiary/aromatic N) is 2. The number of halogens is 1. The number of aromatic nitrogens is 4. The van der Waals surface area contributed by atoms with Crippen molar-refractivity contribution in [1.82, 2.24) is 20.4 Å². The normalized spacial score (nSPS) is 15.3. The lowest BCUT2D eigenvalue weighted by molar-refractivity contribution is -0.117. The molecule has 0 radical (unpaired) electrons. The van der Waals surface area contributed by atoms with E-state index in [0.717, 1.165) is 15.0 Å². The van der Waals surface area contributed by atoms with Gasteiger partial charge in [-0.15, -0.1) is 0 Å². The van der Waals surface area contributed by atoms with Gasteiger partial charge in [0, 0.05) is 50.9 Å². The number of rotatable bonds is 6. The highest BCUT2D eigenvalue weighted by Gasteiger charge is 2.26. The lowest BCUT2D eigenvalue weighted by Crippen LogP contribution is -2.19. The van der Waals surface area contributed by atoms with Gasteiger partial charge >= 0.3 is 0 Å². The van der Waals surface area contributed by atoms with E-state index in [0.29, 0.717) is 35.5 Å². The number of nitrogens with one attached hydrogen (secondary N) is 4.